The van der Waals surface area contributed by atoms with E-state index in [1.807, 2.05) is 89.1 Å². The quantitative estimate of drug-likeness (QED) is 0.289. The zero-order chi connectivity index (χ0) is 20.8. The van der Waals surface area contributed by atoms with Crippen LogP contribution in [0.4, 0.5) is 11.4 Å². The molecule has 0 atom stereocenters. The second-order valence-corrected chi connectivity index (χ2v) is 9.26. The Labute approximate surface area is 188 Å². The van der Waals surface area contributed by atoms with Crippen molar-refractivity contribution in [3.8, 4) is 10.6 Å². The molecule has 5 heteroatoms. The fourth-order valence-electron chi connectivity index (χ4n) is 3.95. The monoisotopic (exact) mass is 436 g/mol. The smallest absolute Gasteiger partial charge is 0.263 e. The molecule has 5 aromatic rings. The van der Waals surface area contributed by atoms with E-state index in [0.717, 1.165) is 42.6 Å². The molecule has 0 saturated carbocycles. The number of thiophene rings is 1. The van der Waals surface area contributed by atoms with Crippen LogP contribution in [0, 0.1) is 0 Å². The summed E-state index contributed by atoms with van der Waals surface area (Å²) in [5.41, 5.74) is 4.13. The maximum atomic E-state index is 14.2. The average molecular weight is 437 g/mol. The van der Waals surface area contributed by atoms with E-state index >= 15 is 0 Å². The van der Waals surface area contributed by atoms with Crippen LogP contribution >= 0.6 is 23.1 Å². The molecule has 148 valence electrons. The van der Waals surface area contributed by atoms with Crippen molar-refractivity contribution >= 4 is 51.3 Å². The maximum Gasteiger partial charge on any atom is 0.263 e. The van der Waals surface area contributed by atoms with Crippen LogP contribution in [0.3, 0.4) is 0 Å². The maximum absolute atomic E-state index is 14.2. The fourth-order valence-corrected chi connectivity index (χ4v) is 5.69. The minimum Gasteiger partial charge on any atom is -0.275 e. The molecule has 6 rings (SSSR count). The topological polar surface area (TPSA) is 33.2 Å². The second kappa shape index (κ2) is 7.38. The number of amides is 1. The number of aromatic nitrogens is 1. The summed E-state index contributed by atoms with van der Waals surface area (Å²) in [5, 5.41) is 2.89. The molecule has 0 unspecified atom stereocenters. The van der Waals surface area contributed by atoms with Gasteiger partial charge in [-0.15, -0.1) is 11.3 Å². The van der Waals surface area contributed by atoms with Crippen molar-refractivity contribution in [1.82, 2.24) is 4.98 Å². The number of benzene rings is 3. The van der Waals surface area contributed by atoms with Crippen LogP contribution in [0.15, 0.2) is 106 Å². The van der Waals surface area contributed by atoms with Crippen molar-refractivity contribution < 1.29 is 4.79 Å². The first kappa shape index (κ1) is 18.4. The van der Waals surface area contributed by atoms with Gasteiger partial charge in [0.2, 0.25) is 0 Å². The second-order valence-electron chi connectivity index (χ2n) is 7.23. The summed E-state index contributed by atoms with van der Waals surface area (Å²) in [4.78, 5) is 24.0. The first-order valence-electron chi connectivity index (χ1n) is 9.93. The lowest BCUT2D eigenvalue weighted by Crippen LogP contribution is -2.28. The molecular weight excluding hydrogens is 420 g/mol. The first-order valence-corrected chi connectivity index (χ1v) is 11.6. The van der Waals surface area contributed by atoms with E-state index in [-0.39, 0.29) is 5.91 Å². The summed E-state index contributed by atoms with van der Waals surface area (Å²) in [6.45, 7) is 0. The predicted molar refractivity (Wildman–Crippen MR) is 129 cm³/mol. The van der Waals surface area contributed by atoms with Crippen molar-refractivity contribution in [1.29, 1.82) is 0 Å². The minimum absolute atomic E-state index is 0.0448. The molecule has 0 N–H and O–H groups in total. The van der Waals surface area contributed by atoms with Crippen molar-refractivity contribution in [2.45, 2.75) is 9.79 Å². The number of hydrogen-bond donors (Lipinski definition) is 0. The molecule has 0 spiro atoms. The molecular formula is C26H16N2OS2. The van der Waals surface area contributed by atoms with Crippen LogP contribution in [0.2, 0.25) is 0 Å². The fraction of sp³-hybridized carbons (Fsp3) is 0. The largest absolute Gasteiger partial charge is 0.275 e. The van der Waals surface area contributed by atoms with Crippen LogP contribution < -0.4 is 4.90 Å². The average Bonchev–Trinajstić information content (AvgIpc) is 3.36. The standard InChI is InChI=1S/C26H16N2OS2/c29-26(28-21-10-3-5-12-24(21)31-25-13-6-4-11-22(25)28)18-16-20(23-14-7-15-30-23)27-19-9-2-1-8-17(18)19/h1-16H. The summed E-state index contributed by atoms with van der Waals surface area (Å²) in [6, 6.07) is 30.0. The molecule has 3 heterocycles. The molecule has 0 saturated heterocycles. The summed E-state index contributed by atoms with van der Waals surface area (Å²) in [7, 11) is 0. The van der Waals surface area contributed by atoms with Crippen LogP contribution in [0.5, 0.6) is 0 Å². The van der Waals surface area contributed by atoms with Crippen LogP contribution in [-0.2, 0) is 0 Å². The molecule has 0 aliphatic carbocycles. The van der Waals surface area contributed by atoms with E-state index in [1.165, 1.54) is 0 Å². The molecule has 1 aliphatic heterocycles. The van der Waals surface area contributed by atoms with E-state index in [0.29, 0.717) is 5.56 Å². The molecule has 3 aromatic carbocycles. The zero-order valence-corrected chi connectivity index (χ0v) is 18.0. The molecule has 0 fully saturated rings. The molecule has 2 aromatic heterocycles. The summed E-state index contributed by atoms with van der Waals surface area (Å²) >= 11 is 3.33. The zero-order valence-electron chi connectivity index (χ0n) is 16.4. The van der Waals surface area contributed by atoms with Crippen LogP contribution in [0.1, 0.15) is 10.4 Å². The lowest BCUT2D eigenvalue weighted by molar-refractivity contribution is 0.1000. The Morgan fingerprint density at radius 1 is 0.774 bits per heavy atom. The third-order valence-corrected chi connectivity index (χ3v) is 7.38. The molecule has 31 heavy (non-hydrogen) atoms. The number of hydrogen-bond acceptors (Lipinski definition) is 4. The molecule has 0 bridgehead atoms. The van der Waals surface area contributed by atoms with Gasteiger partial charge < -0.3 is 0 Å². The van der Waals surface area contributed by atoms with E-state index in [2.05, 4.69) is 12.1 Å². The van der Waals surface area contributed by atoms with Crippen molar-refractivity contribution in [3.05, 3.63) is 102 Å². The highest BCUT2D eigenvalue weighted by Crippen LogP contribution is 2.48. The highest BCUT2D eigenvalue weighted by molar-refractivity contribution is 7.99. The Morgan fingerprint density at radius 3 is 2.16 bits per heavy atom. The summed E-state index contributed by atoms with van der Waals surface area (Å²) < 4.78 is 0. The highest BCUT2D eigenvalue weighted by Gasteiger charge is 2.30. The Kier molecular flexibility index (Phi) is 4.37. The van der Waals surface area contributed by atoms with Gasteiger partial charge in [-0.1, -0.05) is 60.3 Å². The Bertz CT molecular complexity index is 1400. The van der Waals surface area contributed by atoms with Crippen LogP contribution in [0.25, 0.3) is 21.5 Å². The van der Waals surface area contributed by atoms with Gasteiger partial charge in [-0.25, -0.2) is 4.98 Å². The Hall–Kier alpha value is -3.41. The highest BCUT2D eigenvalue weighted by atomic mass is 32.2. The predicted octanol–water partition coefficient (Wildman–Crippen LogP) is 7.41. The summed E-state index contributed by atoms with van der Waals surface area (Å²) in [5.74, 6) is -0.0448. The first-order chi connectivity index (χ1) is 15.3. The van der Waals surface area contributed by atoms with Gasteiger partial charge in [0, 0.05) is 15.2 Å². The third kappa shape index (κ3) is 3.05. The van der Waals surface area contributed by atoms with Gasteiger partial charge in [0.1, 0.15) is 0 Å². The number of fused-ring (bicyclic) bond motifs is 3. The van der Waals surface area contributed by atoms with Crippen molar-refractivity contribution in [3.63, 3.8) is 0 Å². The van der Waals surface area contributed by atoms with Gasteiger partial charge in [0.15, 0.2) is 0 Å². The molecule has 1 amide bonds. The number of carbonyl (C=O) groups excluding carboxylic acids is 1. The SMILES string of the molecule is O=C(c1cc(-c2cccs2)nc2ccccc12)N1c2ccccc2Sc2ccccc21. The Balaban J connectivity index is 1.59. The lowest BCUT2D eigenvalue weighted by Gasteiger charge is -2.31. The normalized spacial score (nSPS) is 12.5. The van der Waals surface area contributed by atoms with E-state index in [9.17, 15) is 4.79 Å². The molecule has 0 radical (unpaired) electrons. The van der Waals surface area contributed by atoms with Gasteiger partial charge in [0.25, 0.3) is 5.91 Å². The van der Waals surface area contributed by atoms with Crippen LogP contribution in [-0.4, -0.2) is 10.9 Å². The van der Waals surface area contributed by atoms with Gasteiger partial charge in [-0.05, 0) is 47.8 Å². The van der Waals surface area contributed by atoms with Gasteiger partial charge >= 0.3 is 0 Å². The van der Waals surface area contributed by atoms with Gasteiger partial charge in [-0.2, -0.15) is 0 Å². The number of para-hydroxylation sites is 3. The van der Waals surface area contributed by atoms with E-state index < -0.39 is 0 Å². The number of pyridine rings is 1. The lowest BCUT2D eigenvalue weighted by atomic mass is 10.0. The Morgan fingerprint density at radius 2 is 1.45 bits per heavy atom. The number of carbonyl (C=O) groups is 1. The van der Waals surface area contributed by atoms with Crippen molar-refractivity contribution in [2.75, 3.05) is 4.90 Å². The number of rotatable bonds is 2. The third-order valence-electron chi connectivity index (χ3n) is 5.36. The summed E-state index contributed by atoms with van der Waals surface area (Å²) in [6.07, 6.45) is 0. The molecule has 1 aliphatic rings. The van der Waals surface area contributed by atoms with E-state index in [4.69, 9.17) is 4.98 Å². The number of nitrogens with zero attached hydrogens (tertiary/aromatic N) is 2. The number of anilines is 2. The molecule has 3 nitrogen and oxygen atoms in total. The van der Waals surface area contributed by atoms with E-state index in [1.54, 1.807) is 23.1 Å². The van der Waals surface area contributed by atoms with Gasteiger partial charge in [0.05, 0.1) is 33.0 Å². The minimum atomic E-state index is -0.0448. The van der Waals surface area contributed by atoms with Crippen molar-refractivity contribution in [2.24, 2.45) is 0 Å². The van der Waals surface area contributed by atoms with Gasteiger partial charge in [-0.3, -0.25) is 9.69 Å².